The zero-order valence-electron chi connectivity index (χ0n) is 18.5. The number of anilines is 2. The van der Waals surface area contributed by atoms with Crippen molar-refractivity contribution < 1.29 is 14.3 Å². The second-order valence-electron chi connectivity index (χ2n) is 8.15. The highest BCUT2D eigenvalue weighted by atomic mass is 16.5. The van der Waals surface area contributed by atoms with Crippen LogP contribution in [-0.4, -0.2) is 31.1 Å². The van der Waals surface area contributed by atoms with Gasteiger partial charge >= 0.3 is 6.09 Å². The van der Waals surface area contributed by atoms with Crippen LogP contribution in [0.25, 0.3) is 0 Å². The van der Waals surface area contributed by atoms with Crippen LogP contribution in [0.4, 0.5) is 16.2 Å². The molecule has 1 fully saturated rings. The molecule has 2 N–H and O–H groups in total. The molecule has 0 aliphatic carbocycles. The largest absolute Gasteiger partial charge is 0.445 e. The standard InChI is InChI=1S/C25H33N3O3/c1-3-19(2)23(27-25(30)31-18-20-10-6-4-7-11-20)24(29)26-21-12-14-22(15-13-21)28-16-8-5-9-17-28/h4,6-7,10-15,19,23H,3,5,8-9,16-18H2,1-2H3,(H,26,29)(H,27,30)/t19-,23-/m0/s1. The molecule has 0 radical (unpaired) electrons. The maximum Gasteiger partial charge on any atom is 0.408 e. The van der Waals surface area contributed by atoms with Crippen molar-refractivity contribution in [2.24, 2.45) is 5.92 Å². The van der Waals surface area contributed by atoms with Crippen molar-refractivity contribution in [3.05, 3.63) is 60.2 Å². The lowest BCUT2D eigenvalue weighted by Gasteiger charge is -2.29. The third kappa shape index (κ3) is 6.74. The Kier molecular flexibility index (Phi) is 8.33. The molecule has 6 heteroatoms. The summed E-state index contributed by atoms with van der Waals surface area (Å²) in [6.07, 6.45) is 3.90. The fraction of sp³-hybridized carbons (Fsp3) is 0.440. The molecule has 1 aliphatic rings. The summed E-state index contributed by atoms with van der Waals surface area (Å²) in [5.41, 5.74) is 2.80. The third-order valence-electron chi connectivity index (χ3n) is 5.84. The summed E-state index contributed by atoms with van der Waals surface area (Å²) >= 11 is 0. The number of nitrogens with one attached hydrogen (secondary N) is 2. The van der Waals surface area contributed by atoms with Crippen LogP contribution in [0.2, 0.25) is 0 Å². The molecule has 166 valence electrons. The van der Waals surface area contributed by atoms with Gasteiger partial charge in [0.25, 0.3) is 0 Å². The number of ether oxygens (including phenoxy) is 1. The molecule has 2 atom stereocenters. The van der Waals surface area contributed by atoms with E-state index in [-0.39, 0.29) is 18.4 Å². The van der Waals surface area contributed by atoms with Gasteiger partial charge in [0.05, 0.1) is 0 Å². The molecule has 0 aromatic heterocycles. The quantitative estimate of drug-likeness (QED) is 0.630. The summed E-state index contributed by atoms with van der Waals surface area (Å²) in [5, 5.41) is 5.68. The van der Waals surface area contributed by atoms with Crippen molar-refractivity contribution in [3.63, 3.8) is 0 Å². The number of amides is 2. The Morgan fingerprint density at radius 2 is 1.68 bits per heavy atom. The van der Waals surface area contributed by atoms with E-state index in [9.17, 15) is 9.59 Å². The Morgan fingerprint density at radius 3 is 2.32 bits per heavy atom. The van der Waals surface area contributed by atoms with Gasteiger partial charge in [0.15, 0.2) is 0 Å². The zero-order valence-corrected chi connectivity index (χ0v) is 18.5. The molecular formula is C25H33N3O3. The number of carbonyl (C=O) groups is 2. The van der Waals surface area contributed by atoms with Gasteiger partial charge in [-0.2, -0.15) is 0 Å². The lowest BCUT2D eigenvalue weighted by Crippen LogP contribution is -2.47. The van der Waals surface area contributed by atoms with Gasteiger partial charge in [0.2, 0.25) is 5.91 Å². The Labute approximate surface area is 185 Å². The molecule has 0 spiro atoms. The first-order valence-corrected chi connectivity index (χ1v) is 11.2. The van der Waals surface area contributed by atoms with Crippen LogP contribution in [-0.2, 0) is 16.1 Å². The minimum absolute atomic E-state index is 0.0306. The van der Waals surface area contributed by atoms with E-state index in [0.717, 1.165) is 30.8 Å². The number of carbonyl (C=O) groups excluding carboxylic acids is 2. The van der Waals surface area contributed by atoms with E-state index in [1.165, 1.54) is 24.9 Å². The molecule has 1 saturated heterocycles. The molecule has 0 unspecified atom stereocenters. The Hall–Kier alpha value is -3.02. The third-order valence-corrected chi connectivity index (χ3v) is 5.84. The van der Waals surface area contributed by atoms with Gasteiger partial charge in [0.1, 0.15) is 12.6 Å². The normalized spacial score (nSPS) is 15.6. The van der Waals surface area contributed by atoms with Gasteiger partial charge in [-0.05, 0) is 55.0 Å². The number of nitrogens with zero attached hydrogens (tertiary/aromatic N) is 1. The van der Waals surface area contributed by atoms with Crippen LogP contribution in [0.5, 0.6) is 0 Å². The van der Waals surface area contributed by atoms with Crippen LogP contribution in [0, 0.1) is 5.92 Å². The average molecular weight is 424 g/mol. The highest BCUT2D eigenvalue weighted by molar-refractivity contribution is 5.96. The predicted molar refractivity (Wildman–Crippen MR) is 124 cm³/mol. The smallest absolute Gasteiger partial charge is 0.408 e. The van der Waals surface area contributed by atoms with Crippen LogP contribution >= 0.6 is 0 Å². The van der Waals surface area contributed by atoms with Crippen molar-refractivity contribution >= 4 is 23.4 Å². The van der Waals surface area contributed by atoms with Crippen molar-refractivity contribution in [2.45, 2.75) is 52.2 Å². The summed E-state index contributed by atoms with van der Waals surface area (Å²) in [7, 11) is 0. The number of benzene rings is 2. The average Bonchev–Trinajstić information content (AvgIpc) is 2.82. The van der Waals surface area contributed by atoms with E-state index in [4.69, 9.17) is 4.74 Å². The Balaban J connectivity index is 1.56. The summed E-state index contributed by atoms with van der Waals surface area (Å²) < 4.78 is 5.30. The van der Waals surface area contributed by atoms with E-state index in [0.29, 0.717) is 0 Å². The second-order valence-corrected chi connectivity index (χ2v) is 8.15. The molecule has 3 rings (SSSR count). The van der Waals surface area contributed by atoms with Crippen molar-refractivity contribution in [1.82, 2.24) is 5.32 Å². The molecule has 2 aromatic rings. The highest BCUT2D eigenvalue weighted by Gasteiger charge is 2.26. The first-order valence-electron chi connectivity index (χ1n) is 11.2. The van der Waals surface area contributed by atoms with Crippen molar-refractivity contribution in [2.75, 3.05) is 23.3 Å². The number of alkyl carbamates (subject to hydrolysis) is 1. The molecule has 2 aromatic carbocycles. The second kappa shape index (κ2) is 11.4. The van der Waals surface area contributed by atoms with Gasteiger partial charge in [-0.15, -0.1) is 0 Å². The van der Waals surface area contributed by atoms with E-state index in [2.05, 4.69) is 15.5 Å². The molecule has 0 saturated carbocycles. The van der Waals surface area contributed by atoms with Gasteiger partial charge in [-0.25, -0.2) is 4.79 Å². The molecule has 1 heterocycles. The maximum absolute atomic E-state index is 12.9. The monoisotopic (exact) mass is 423 g/mol. The van der Waals surface area contributed by atoms with Crippen LogP contribution in [0.3, 0.4) is 0 Å². The van der Waals surface area contributed by atoms with E-state index in [1.807, 2.05) is 68.4 Å². The zero-order chi connectivity index (χ0) is 22.1. The highest BCUT2D eigenvalue weighted by Crippen LogP contribution is 2.22. The molecular weight excluding hydrogens is 390 g/mol. The van der Waals surface area contributed by atoms with Gasteiger partial charge in [-0.1, -0.05) is 50.6 Å². The molecule has 0 bridgehead atoms. The fourth-order valence-corrected chi connectivity index (χ4v) is 3.72. The van der Waals surface area contributed by atoms with E-state index in [1.54, 1.807) is 0 Å². The minimum atomic E-state index is -0.671. The summed E-state index contributed by atoms with van der Waals surface area (Å²) in [6, 6.07) is 16.7. The minimum Gasteiger partial charge on any atom is -0.445 e. The Morgan fingerprint density at radius 1 is 1.00 bits per heavy atom. The SMILES string of the molecule is CC[C@H](C)[C@H](NC(=O)OCc1ccccc1)C(=O)Nc1ccc(N2CCCCC2)cc1. The van der Waals surface area contributed by atoms with Gasteiger partial charge < -0.3 is 20.3 Å². The first-order chi connectivity index (χ1) is 15.1. The summed E-state index contributed by atoms with van der Waals surface area (Å²) in [4.78, 5) is 27.6. The van der Waals surface area contributed by atoms with Gasteiger partial charge in [-0.3, -0.25) is 4.79 Å². The molecule has 31 heavy (non-hydrogen) atoms. The van der Waals surface area contributed by atoms with E-state index >= 15 is 0 Å². The summed E-state index contributed by atoms with van der Waals surface area (Å²) in [5.74, 6) is -0.270. The van der Waals surface area contributed by atoms with Crippen molar-refractivity contribution in [3.8, 4) is 0 Å². The van der Waals surface area contributed by atoms with Crippen LogP contribution in [0.1, 0.15) is 45.1 Å². The fourth-order valence-electron chi connectivity index (χ4n) is 3.72. The first kappa shape index (κ1) is 22.7. The molecule has 6 nitrogen and oxygen atoms in total. The lowest BCUT2D eigenvalue weighted by molar-refractivity contribution is -0.119. The Bertz CT molecular complexity index is 833. The molecule has 1 aliphatic heterocycles. The summed E-state index contributed by atoms with van der Waals surface area (Å²) in [6.45, 7) is 6.27. The maximum atomic E-state index is 12.9. The number of rotatable bonds is 8. The van der Waals surface area contributed by atoms with Gasteiger partial charge in [0, 0.05) is 24.5 Å². The topological polar surface area (TPSA) is 70.7 Å². The lowest BCUT2D eigenvalue weighted by atomic mass is 9.98. The number of hydrogen-bond acceptors (Lipinski definition) is 4. The predicted octanol–water partition coefficient (Wildman–Crippen LogP) is 4.96. The van der Waals surface area contributed by atoms with Crippen LogP contribution in [0.15, 0.2) is 54.6 Å². The van der Waals surface area contributed by atoms with Crippen LogP contribution < -0.4 is 15.5 Å². The number of piperidine rings is 1. The van der Waals surface area contributed by atoms with Crippen molar-refractivity contribution in [1.29, 1.82) is 0 Å². The molecule has 2 amide bonds. The van der Waals surface area contributed by atoms with E-state index < -0.39 is 12.1 Å². The number of hydrogen-bond donors (Lipinski definition) is 2.